The number of fused-ring (bicyclic) bond motifs is 1. The maximum Gasteiger partial charge on any atom is 0.247 e. The summed E-state index contributed by atoms with van der Waals surface area (Å²) in [6.07, 6.45) is 8.70. The van der Waals surface area contributed by atoms with E-state index in [9.17, 15) is 4.79 Å². The second-order valence-electron chi connectivity index (χ2n) is 8.84. The van der Waals surface area contributed by atoms with Gasteiger partial charge in [0.15, 0.2) is 0 Å². The van der Waals surface area contributed by atoms with E-state index in [1.54, 1.807) is 44.0 Å². The fourth-order valence-electron chi connectivity index (χ4n) is 4.29. The van der Waals surface area contributed by atoms with Gasteiger partial charge in [0.25, 0.3) is 0 Å². The molecular weight excluding hydrogens is 506 g/mol. The molecule has 11 heteroatoms. The molecule has 0 bridgehead atoms. The second-order valence-corrected chi connectivity index (χ2v) is 9.27. The van der Waals surface area contributed by atoms with E-state index in [0.717, 1.165) is 30.6 Å². The molecule has 2 N–H and O–H groups in total. The monoisotopic (exact) mass is 531 g/mol. The van der Waals surface area contributed by atoms with Gasteiger partial charge in [-0.2, -0.15) is 0 Å². The SMILES string of the molecule is C=CC(=O)Nc1cc(Nc2ncc3nccc(-c4cncc(Cl)c4)c3n2)c(OC)cc1OC1CCN(C)C1. The van der Waals surface area contributed by atoms with E-state index in [1.807, 2.05) is 19.2 Å². The lowest BCUT2D eigenvalue weighted by Crippen LogP contribution is -2.22. The molecule has 5 rings (SSSR count). The smallest absolute Gasteiger partial charge is 0.247 e. The van der Waals surface area contributed by atoms with Crippen LogP contribution >= 0.6 is 11.6 Å². The molecule has 1 saturated heterocycles. The maximum atomic E-state index is 12.2. The summed E-state index contributed by atoms with van der Waals surface area (Å²) < 4.78 is 11.9. The van der Waals surface area contributed by atoms with E-state index >= 15 is 0 Å². The second kappa shape index (κ2) is 11.0. The van der Waals surface area contributed by atoms with Crippen molar-refractivity contribution >= 4 is 45.9 Å². The molecule has 3 aromatic heterocycles. The van der Waals surface area contributed by atoms with Crippen LogP contribution in [0.3, 0.4) is 0 Å². The summed E-state index contributed by atoms with van der Waals surface area (Å²) >= 11 is 6.17. The van der Waals surface area contributed by atoms with E-state index in [-0.39, 0.29) is 12.0 Å². The number of carbonyl (C=O) groups excluding carboxylic acids is 1. The van der Waals surface area contributed by atoms with Crippen molar-refractivity contribution in [2.45, 2.75) is 12.5 Å². The van der Waals surface area contributed by atoms with Crippen molar-refractivity contribution in [3.05, 3.63) is 66.7 Å². The quantitative estimate of drug-likeness (QED) is 0.312. The van der Waals surface area contributed by atoms with Crippen LogP contribution in [0.5, 0.6) is 11.5 Å². The van der Waals surface area contributed by atoms with E-state index in [2.05, 4.69) is 37.1 Å². The number of ether oxygens (including phenoxy) is 2. The predicted molar refractivity (Wildman–Crippen MR) is 147 cm³/mol. The Labute approximate surface area is 224 Å². The zero-order valence-corrected chi connectivity index (χ0v) is 21.7. The van der Waals surface area contributed by atoms with Crippen LogP contribution in [0.15, 0.2) is 61.7 Å². The first-order chi connectivity index (χ1) is 18.4. The summed E-state index contributed by atoms with van der Waals surface area (Å²) in [5, 5.41) is 6.55. The summed E-state index contributed by atoms with van der Waals surface area (Å²) in [6, 6.07) is 7.14. The van der Waals surface area contributed by atoms with Crippen molar-refractivity contribution in [2.24, 2.45) is 0 Å². The summed E-state index contributed by atoms with van der Waals surface area (Å²) in [4.78, 5) is 32.1. The van der Waals surface area contributed by atoms with Crippen molar-refractivity contribution in [1.82, 2.24) is 24.8 Å². The van der Waals surface area contributed by atoms with Crippen molar-refractivity contribution in [1.29, 1.82) is 0 Å². The van der Waals surface area contributed by atoms with Gasteiger partial charge in [-0.25, -0.2) is 9.97 Å². The molecule has 1 amide bonds. The van der Waals surface area contributed by atoms with Gasteiger partial charge in [-0.3, -0.25) is 14.8 Å². The molecule has 1 unspecified atom stereocenters. The van der Waals surface area contributed by atoms with Gasteiger partial charge in [-0.15, -0.1) is 0 Å². The Morgan fingerprint density at radius 2 is 2.05 bits per heavy atom. The number of nitrogens with zero attached hydrogens (tertiary/aromatic N) is 5. The van der Waals surface area contributed by atoms with Crippen LogP contribution in [0, 0.1) is 0 Å². The van der Waals surface area contributed by atoms with E-state index in [1.165, 1.54) is 6.08 Å². The molecule has 38 heavy (non-hydrogen) atoms. The molecule has 4 heterocycles. The molecule has 0 spiro atoms. The maximum absolute atomic E-state index is 12.2. The van der Waals surface area contributed by atoms with Gasteiger partial charge in [-0.1, -0.05) is 18.2 Å². The van der Waals surface area contributed by atoms with Crippen LogP contribution in [-0.2, 0) is 4.79 Å². The van der Waals surface area contributed by atoms with Crippen molar-refractivity contribution in [2.75, 3.05) is 37.9 Å². The van der Waals surface area contributed by atoms with Gasteiger partial charge in [0.05, 0.1) is 29.7 Å². The van der Waals surface area contributed by atoms with E-state index < -0.39 is 0 Å². The molecule has 194 valence electrons. The number of aromatic nitrogens is 4. The molecule has 1 aliphatic heterocycles. The number of halogens is 1. The number of hydrogen-bond acceptors (Lipinski definition) is 9. The Morgan fingerprint density at radius 3 is 2.79 bits per heavy atom. The Kier molecular flexibility index (Phi) is 7.34. The van der Waals surface area contributed by atoms with Crippen LogP contribution in [0.4, 0.5) is 17.3 Å². The molecule has 1 fully saturated rings. The third-order valence-corrected chi connectivity index (χ3v) is 6.34. The average molecular weight is 532 g/mol. The molecule has 0 saturated carbocycles. The molecular formula is C27H26ClN7O3. The minimum absolute atomic E-state index is 0.00128. The highest BCUT2D eigenvalue weighted by atomic mass is 35.5. The molecule has 0 aliphatic carbocycles. The van der Waals surface area contributed by atoms with Crippen LogP contribution in [-0.4, -0.2) is 64.1 Å². The van der Waals surface area contributed by atoms with Crippen molar-refractivity contribution in [3.8, 4) is 22.6 Å². The number of anilines is 3. The fourth-order valence-corrected chi connectivity index (χ4v) is 4.46. The standard InChI is InChI=1S/C27H26ClN7O3/c1-4-25(36)32-21-10-20(23(37-3)11-24(21)38-18-6-8-35(2)15-18)33-27-31-14-22-26(34-27)19(5-7-30-22)16-9-17(28)13-29-12-16/h4-5,7,9-14,18H,1,6,8,15H2,2-3H3,(H,32,36)(H,31,33,34). The number of hydrogen-bond donors (Lipinski definition) is 2. The zero-order chi connectivity index (χ0) is 26.6. The third kappa shape index (κ3) is 5.51. The van der Waals surface area contributed by atoms with Gasteiger partial charge in [0, 0.05) is 48.9 Å². The number of nitrogens with one attached hydrogen (secondary N) is 2. The van der Waals surface area contributed by atoms with Crippen LogP contribution in [0.2, 0.25) is 5.02 Å². The van der Waals surface area contributed by atoms with E-state index in [4.69, 9.17) is 26.1 Å². The number of pyridine rings is 2. The van der Waals surface area contributed by atoms with Gasteiger partial charge >= 0.3 is 0 Å². The van der Waals surface area contributed by atoms with Crippen molar-refractivity contribution < 1.29 is 14.3 Å². The molecule has 1 atom stereocenters. The lowest BCUT2D eigenvalue weighted by molar-refractivity contribution is -0.111. The lowest BCUT2D eigenvalue weighted by atomic mass is 10.1. The first-order valence-corrected chi connectivity index (χ1v) is 12.3. The Morgan fingerprint density at radius 1 is 1.18 bits per heavy atom. The van der Waals surface area contributed by atoms with Gasteiger partial charge in [0.1, 0.15) is 28.6 Å². The Bertz CT molecular complexity index is 1510. The minimum atomic E-state index is -0.359. The highest BCUT2D eigenvalue weighted by Gasteiger charge is 2.24. The van der Waals surface area contributed by atoms with E-state index in [0.29, 0.717) is 44.9 Å². The zero-order valence-electron chi connectivity index (χ0n) is 20.9. The normalized spacial score (nSPS) is 15.3. The van der Waals surface area contributed by atoms with Gasteiger partial charge in [-0.05, 0) is 37.7 Å². The third-order valence-electron chi connectivity index (χ3n) is 6.13. The first kappa shape index (κ1) is 25.4. The average Bonchev–Trinajstić information content (AvgIpc) is 3.33. The summed E-state index contributed by atoms with van der Waals surface area (Å²) in [5.41, 5.74) is 3.87. The summed E-state index contributed by atoms with van der Waals surface area (Å²) in [5.74, 6) is 0.953. The molecule has 1 aromatic carbocycles. The number of rotatable bonds is 8. The largest absolute Gasteiger partial charge is 0.494 e. The topological polar surface area (TPSA) is 114 Å². The molecule has 10 nitrogen and oxygen atoms in total. The van der Waals surface area contributed by atoms with Crippen molar-refractivity contribution in [3.63, 3.8) is 0 Å². The molecule has 0 radical (unpaired) electrons. The predicted octanol–water partition coefficient (Wildman–Crippen LogP) is 4.70. The number of likely N-dealkylation sites (N-methyl/N-ethyl adjacent to an activating group) is 1. The number of likely N-dealkylation sites (tertiary alicyclic amines) is 1. The highest BCUT2D eigenvalue weighted by Crippen LogP contribution is 2.39. The van der Waals surface area contributed by atoms with Crippen LogP contribution in [0.1, 0.15) is 6.42 Å². The number of benzene rings is 1. The highest BCUT2D eigenvalue weighted by molar-refractivity contribution is 6.30. The van der Waals surface area contributed by atoms with Gasteiger partial charge < -0.3 is 25.0 Å². The molecule has 4 aromatic rings. The number of amides is 1. The minimum Gasteiger partial charge on any atom is -0.494 e. The van der Waals surface area contributed by atoms with Gasteiger partial charge in [0.2, 0.25) is 11.9 Å². The molecule has 1 aliphatic rings. The number of carbonyl (C=O) groups is 1. The number of methoxy groups -OCH3 is 1. The van der Waals surface area contributed by atoms with Crippen LogP contribution < -0.4 is 20.1 Å². The lowest BCUT2D eigenvalue weighted by Gasteiger charge is -2.20. The Balaban J connectivity index is 1.52. The Hall–Kier alpha value is -4.28. The summed E-state index contributed by atoms with van der Waals surface area (Å²) in [7, 11) is 3.61. The van der Waals surface area contributed by atoms with Crippen LogP contribution in [0.25, 0.3) is 22.2 Å². The fraction of sp³-hybridized carbons (Fsp3) is 0.222. The summed E-state index contributed by atoms with van der Waals surface area (Å²) in [6.45, 7) is 5.29. The first-order valence-electron chi connectivity index (χ1n) is 11.9.